The van der Waals surface area contributed by atoms with Crippen LogP contribution in [0.1, 0.15) is 23.6 Å². The lowest BCUT2D eigenvalue weighted by molar-refractivity contribution is -0.141. The highest BCUT2D eigenvalue weighted by molar-refractivity contribution is 8.01. The van der Waals surface area contributed by atoms with Crippen molar-refractivity contribution in [3.05, 3.63) is 53.6 Å². The van der Waals surface area contributed by atoms with Gasteiger partial charge >= 0.3 is 5.97 Å². The van der Waals surface area contributed by atoms with Gasteiger partial charge in [-0.25, -0.2) is 0 Å². The Labute approximate surface area is 168 Å². The van der Waals surface area contributed by atoms with Crippen molar-refractivity contribution < 1.29 is 23.8 Å². The predicted octanol–water partition coefficient (Wildman–Crippen LogP) is 3.14. The second-order valence-electron chi connectivity index (χ2n) is 6.37. The first-order valence-electron chi connectivity index (χ1n) is 8.89. The summed E-state index contributed by atoms with van der Waals surface area (Å²) >= 11 is 1.55. The average molecular weight is 401 g/mol. The normalized spacial score (nSPS) is 16.0. The van der Waals surface area contributed by atoms with Crippen molar-refractivity contribution in [1.29, 1.82) is 0 Å². The molecule has 2 atom stereocenters. The van der Waals surface area contributed by atoms with Crippen molar-refractivity contribution in [2.24, 2.45) is 0 Å². The molecule has 6 nitrogen and oxygen atoms in total. The Morgan fingerprint density at radius 3 is 2.54 bits per heavy atom. The van der Waals surface area contributed by atoms with Crippen LogP contribution in [0.5, 0.6) is 11.5 Å². The lowest BCUT2D eigenvalue weighted by Gasteiger charge is -2.21. The molecule has 1 heterocycles. The maximum atomic E-state index is 12.9. The maximum absolute atomic E-state index is 12.9. The van der Waals surface area contributed by atoms with Crippen molar-refractivity contribution in [3.63, 3.8) is 0 Å². The number of carbonyl (C=O) groups excluding carboxylic acids is 2. The summed E-state index contributed by atoms with van der Waals surface area (Å²) in [5.41, 5.74) is 1.92. The highest BCUT2D eigenvalue weighted by Gasteiger charge is 2.30. The van der Waals surface area contributed by atoms with Crippen LogP contribution in [0.25, 0.3) is 0 Å². The van der Waals surface area contributed by atoms with Gasteiger partial charge in [0.15, 0.2) is 11.5 Å². The van der Waals surface area contributed by atoms with E-state index in [4.69, 9.17) is 14.2 Å². The minimum absolute atomic E-state index is 0.0298. The number of methoxy groups -OCH3 is 3. The maximum Gasteiger partial charge on any atom is 0.307 e. The Kier molecular flexibility index (Phi) is 6.46. The topological polar surface area (TPSA) is 73.9 Å². The molecule has 2 aromatic carbocycles. The van der Waals surface area contributed by atoms with E-state index < -0.39 is 12.0 Å². The van der Waals surface area contributed by atoms with E-state index in [9.17, 15) is 9.59 Å². The number of carbonyl (C=O) groups is 2. The second-order valence-corrected chi connectivity index (χ2v) is 7.62. The molecule has 1 aliphatic heterocycles. The highest BCUT2D eigenvalue weighted by atomic mass is 32.2. The summed E-state index contributed by atoms with van der Waals surface area (Å²) in [5, 5.41) is 2.78. The standard InChI is InChI=1S/C21H23NO5S/c1-25-16-9-8-13(10-17(16)26-2)15(12-20(23)27-3)22-21(24)19-11-14-6-4-5-7-18(14)28-19/h4-10,15,19H,11-12H2,1-3H3,(H,22,24)/t15-,19+/m1/s1. The minimum Gasteiger partial charge on any atom is -0.493 e. The van der Waals surface area contributed by atoms with Crippen LogP contribution < -0.4 is 14.8 Å². The van der Waals surface area contributed by atoms with Crippen LogP contribution in [0, 0.1) is 0 Å². The van der Waals surface area contributed by atoms with E-state index in [1.165, 1.54) is 12.7 Å². The van der Waals surface area contributed by atoms with Gasteiger partial charge in [0.1, 0.15) is 0 Å². The number of nitrogens with one attached hydrogen (secondary N) is 1. The van der Waals surface area contributed by atoms with Gasteiger partial charge < -0.3 is 19.5 Å². The lowest BCUT2D eigenvalue weighted by Crippen LogP contribution is -2.36. The summed E-state index contributed by atoms with van der Waals surface area (Å²) < 4.78 is 15.4. The Bertz CT molecular complexity index is 845. The Balaban J connectivity index is 1.79. The predicted molar refractivity (Wildman–Crippen MR) is 107 cm³/mol. The van der Waals surface area contributed by atoms with E-state index in [0.717, 1.165) is 10.5 Å². The fourth-order valence-corrected chi connectivity index (χ4v) is 4.37. The first-order chi connectivity index (χ1) is 13.5. The molecule has 7 heteroatoms. The number of benzene rings is 2. The highest BCUT2D eigenvalue weighted by Crippen LogP contribution is 2.37. The summed E-state index contributed by atoms with van der Waals surface area (Å²) in [7, 11) is 4.43. The lowest BCUT2D eigenvalue weighted by atomic mass is 10.0. The third-order valence-corrected chi connectivity index (χ3v) is 5.98. The number of esters is 1. The van der Waals surface area contributed by atoms with Crippen LogP contribution in [0.15, 0.2) is 47.4 Å². The van der Waals surface area contributed by atoms with E-state index in [1.807, 2.05) is 30.3 Å². The van der Waals surface area contributed by atoms with Gasteiger partial charge in [-0.1, -0.05) is 24.3 Å². The SMILES string of the molecule is COC(=O)C[C@@H](NC(=O)[C@@H]1Cc2ccccc2S1)c1ccc(OC)c(OC)c1. The van der Waals surface area contributed by atoms with Crippen molar-refractivity contribution in [3.8, 4) is 11.5 Å². The van der Waals surface area contributed by atoms with E-state index in [0.29, 0.717) is 17.9 Å². The Hall–Kier alpha value is -2.67. The minimum atomic E-state index is -0.524. The van der Waals surface area contributed by atoms with E-state index >= 15 is 0 Å². The van der Waals surface area contributed by atoms with Crippen LogP contribution in [0.3, 0.4) is 0 Å². The Morgan fingerprint density at radius 1 is 1.11 bits per heavy atom. The van der Waals surface area contributed by atoms with Crippen LogP contribution >= 0.6 is 11.8 Å². The third-order valence-electron chi connectivity index (χ3n) is 4.66. The first kappa shape index (κ1) is 20.1. The molecule has 0 unspecified atom stereocenters. The summed E-state index contributed by atoms with van der Waals surface area (Å²) in [6.07, 6.45) is 0.700. The summed E-state index contributed by atoms with van der Waals surface area (Å²) in [5.74, 6) is 0.607. The van der Waals surface area contributed by atoms with Crippen LogP contribution in [-0.4, -0.2) is 38.5 Å². The summed E-state index contributed by atoms with van der Waals surface area (Å²) in [6.45, 7) is 0. The molecular weight excluding hydrogens is 378 g/mol. The van der Waals surface area contributed by atoms with Gasteiger partial charge in [0.25, 0.3) is 0 Å². The molecule has 3 rings (SSSR count). The van der Waals surface area contributed by atoms with Gasteiger partial charge in [0.2, 0.25) is 5.91 Å². The smallest absolute Gasteiger partial charge is 0.307 e. The average Bonchev–Trinajstić information content (AvgIpc) is 3.17. The molecule has 28 heavy (non-hydrogen) atoms. The molecule has 0 aliphatic carbocycles. The zero-order chi connectivity index (χ0) is 20.1. The summed E-state index contributed by atoms with van der Waals surface area (Å²) in [6, 6.07) is 12.8. The van der Waals surface area contributed by atoms with Gasteiger partial charge in [-0.05, 0) is 35.7 Å². The molecule has 0 fully saturated rings. The fraction of sp³-hybridized carbons (Fsp3) is 0.333. The number of hydrogen-bond acceptors (Lipinski definition) is 6. The van der Waals surface area contributed by atoms with Gasteiger partial charge in [-0.15, -0.1) is 11.8 Å². The van der Waals surface area contributed by atoms with E-state index in [1.54, 1.807) is 38.1 Å². The van der Waals surface area contributed by atoms with Crippen LogP contribution in [-0.2, 0) is 20.7 Å². The van der Waals surface area contributed by atoms with Crippen LogP contribution in [0.2, 0.25) is 0 Å². The first-order valence-corrected chi connectivity index (χ1v) is 9.77. The number of hydrogen-bond donors (Lipinski definition) is 1. The molecule has 1 N–H and O–H groups in total. The van der Waals surface area contributed by atoms with Crippen molar-refractivity contribution in [2.45, 2.75) is 29.0 Å². The molecule has 0 saturated heterocycles. The van der Waals surface area contributed by atoms with Crippen molar-refractivity contribution in [2.75, 3.05) is 21.3 Å². The molecular formula is C21H23NO5S. The number of rotatable bonds is 7. The van der Waals surface area contributed by atoms with E-state index in [2.05, 4.69) is 5.32 Å². The Morgan fingerprint density at radius 2 is 1.86 bits per heavy atom. The third kappa shape index (κ3) is 4.42. The molecule has 148 valence electrons. The van der Waals surface area contributed by atoms with Gasteiger partial charge in [-0.3, -0.25) is 9.59 Å². The zero-order valence-electron chi connectivity index (χ0n) is 16.1. The second kappa shape index (κ2) is 9.01. The molecule has 0 radical (unpaired) electrons. The molecule has 2 aromatic rings. The van der Waals surface area contributed by atoms with Crippen molar-refractivity contribution in [1.82, 2.24) is 5.32 Å². The van der Waals surface area contributed by atoms with Gasteiger partial charge in [-0.2, -0.15) is 0 Å². The number of fused-ring (bicyclic) bond motifs is 1. The quantitative estimate of drug-likeness (QED) is 0.719. The van der Waals surface area contributed by atoms with Gasteiger partial charge in [0.05, 0.1) is 39.0 Å². The number of ether oxygens (including phenoxy) is 3. The van der Waals surface area contributed by atoms with E-state index in [-0.39, 0.29) is 17.6 Å². The molecule has 0 spiro atoms. The van der Waals surface area contributed by atoms with Crippen molar-refractivity contribution >= 4 is 23.6 Å². The van der Waals surface area contributed by atoms with Crippen LogP contribution in [0.4, 0.5) is 0 Å². The zero-order valence-corrected chi connectivity index (χ0v) is 16.9. The molecule has 1 amide bonds. The fourth-order valence-electron chi connectivity index (χ4n) is 3.16. The molecule has 0 saturated carbocycles. The molecule has 0 bridgehead atoms. The monoisotopic (exact) mass is 401 g/mol. The largest absolute Gasteiger partial charge is 0.493 e. The number of amides is 1. The number of thioether (sulfide) groups is 1. The molecule has 1 aliphatic rings. The summed E-state index contributed by atoms with van der Waals surface area (Å²) in [4.78, 5) is 25.9. The molecule has 0 aromatic heterocycles. The van der Waals surface area contributed by atoms with Gasteiger partial charge in [0, 0.05) is 4.90 Å².